The van der Waals surface area contributed by atoms with Crippen molar-refractivity contribution in [3.63, 3.8) is 0 Å². The molecule has 4 rings (SSSR count). The van der Waals surface area contributed by atoms with Crippen molar-refractivity contribution in [2.75, 3.05) is 37.5 Å². The van der Waals surface area contributed by atoms with Gasteiger partial charge in [-0.25, -0.2) is 4.39 Å². The van der Waals surface area contributed by atoms with E-state index in [2.05, 4.69) is 20.4 Å². The lowest BCUT2D eigenvalue weighted by Crippen LogP contribution is -2.41. The number of benzene rings is 2. The Morgan fingerprint density at radius 3 is 2.38 bits per heavy atom. The fourth-order valence-electron chi connectivity index (χ4n) is 3.79. The summed E-state index contributed by atoms with van der Waals surface area (Å²) >= 11 is 0. The van der Waals surface area contributed by atoms with E-state index in [0.29, 0.717) is 29.4 Å². The fraction of sp³-hybridized carbons (Fsp3) is 0.292. The maximum atomic E-state index is 13.1. The molecule has 32 heavy (non-hydrogen) atoms. The number of halogens is 1. The number of rotatable bonds is 6. The molecule has 1 saturated heterocycles. The molecule has 1 aromatic heterocycles. The third kappa shape index (κ3) is 4.96. The van der Waals surface area contributed by atoms with Crippen molar-refractivity contribution >= 4 is 17.4 Å². The maximum absolute atomic E-state index is 13.1. The first-order chi connectivity index (χ1) is 15.6. The van der Waals surface area contributed by atoms with Crippen LogP contribution in [0.1, 0.15) is 12.8 Å². The summed E-state index contributed by atoms with van der Waals surface area (Å²) in [5.41, 5.74) is 2.11. The number of ether oxygens (including phenoxy) is 2. The summed E-state index contributed by atoms with van der Waals surface area (Å²) in [7, 11) is 3.14. The second kappa shape index (κ2) is 9.64. The van der Waals surface area contributed by atoms with Crippen LogP contribution in [-0.4, -0.2) is 43.4 Å². The van der Waals surface area contributed by atoms with Crippen molar-refractivity contribution in [1.29, 1.82) is 0 Å². The first kappa shape index (κ1) is 21.5. The number of nitrogens with one attached hydrogen (secondary N) is 1. The van der Waals surface area contributed by atoms with Crippen molar-refractivity contribution in [2.45, 2.75) is 12.8 Å². The number of hydrogen-bond donors (Lipinski definition) is 1. The molecule has 166 valence electrons. The van der Waals surface area contributed by atoms with Crippen molar-refractivity contribution < 1.29 is 18.7 Å². The lowest BCUT2D eigenvalue weighted by Gasteiger charge is -2.32. The summed E-state index contributed by atoms with van der Waals surface area (Å²) in [4.78, 5) is 15.0. The molecule has 1 fully saturated rings. The molecule has 7 nitrogen and oxygen atoms in total. The van der Waals surface area contributed by atoms with Crippen molar-refractivity contribution in [2.24, 2.45) is 5.92 Å². The van der Waals surface area contributed by atoms with Gasteiger partial charge in [-0.05, 0) is 49.2 Å². The number of carbonyl (C=O) groups is 1. The summed E-state index contributed by atoms with van der Waals surface area (Å²) in [6.45, 7) is 1.36. The highest BCUT2D eigenvalue weighted by Crippen LogP contribution is 2.28. The fourth-order valence-corrected chi connectivity index (χ4v) is 3.79. The van der Waals surface area contributed by atoms with E-state index in [0.717, 1.165) is 30.8 Å². The first-order valence-corrected chi connectivity index (χ1v) is 10.4. The lowest BCUT2D eigenvalue weighted by atomic mass is 9.97. The number of aromatic nitrogens is 2. The average molecular weight is 436 g/mol. The SMILES string of the molecule is COc1cc(NC(=O)C2CCCN(c3ccc(-c4ccc(F)cc4)nn3)C2)cc(OC)c1. The molecule has 0 spiro atoms. The third-order valence-electron chi connectivity index (χ3n) is 5.53. The molecule has 8 heteroatoms. The minimum atomic E-state index is -0.289. The largest absolute Gasteiger partial charge is 0.497 e. The van der Waals surface area contributed by atoms with Crippen LogP contribution in [0.25, 0.3) is 11.3 Å². The summed E-state index contributed by atoms with van der Waals surface area (Å²) in [6, 6.07) is 15.2. The molecule has 0 radical (unpaired) electrons. The Bertz CT molecular complexity index is 1050. The number of carbonyl (C=O) groups excluding carboxylic acids is 1. The van der Waals surface area contributed by atoms with Crippen molar-refractivity contribution in [3.05, 3.63) is 60.4 Å². The predicted molar refractivity (Wildman–Crippen MR) is 121 cm³/mol. The average Bonchev–Trinajstić information content (AvgIpc) is 2.84. The molecule has 1 aliphatic heterocycles. The Labute approximate surface area is 186 Å². The summed E-state index contributed by atoms with van der Waals surface area (Å²) in [5.74, 6) is 1.42. The molecule has 1 atom stereocenters. The van der Waals surface area contributed by atoms with Crippen molar-refractivity contribution in [3.8, 4) is 22.8 Å². The van der Waals surface area contributed by atoms with Gasteiger partial charge < -0.3 is 19.7 Å². The highest BCUT2D eigenvalue weighted by molar-refractivity contribution is 5.93. The molecule has 1 amide bonds. The lowest BCUT2D eigenvalue weighted by molar-refractivity contribution is -0.120. The topological polar surface area (TPSA) is 76.6 Å². The van der Waals surface area contributed by atoms with Gasteiger partial charge in [-0.3, -0.25) is 4.79 Å². The van der Waals surface area contributed by atoms with Crippen LogP contribution in [0, 0.1) is 11.7 Å². The van der Waals surface area contributed by atoms with E-state index in [4.69, 9.17) is 9.47 Å². The van der Waals surface area contributed by atoms with E-state index in [9.17, 15) is 9.18 Å². The molecular weight excluding hydrogens is 411 g/mol. The molecule has 2 heterocycles. The van der Waals surface area contributed by atoms with Crippen LogP contribution >= 0.6 is 0 Å². The van der Waals surface area contributed by atoms with Gasteiger partial charge >= 0.3 is 0 Å². The Balaban J connectivity index is 1.43. The third-order valence-corrected chi connectivity index (χ3v) is 5.53. The zero-order valence-corrected chi connectivity index (χ0v) is 18.0. The van der Waals surface area contributed by atoms with Crippen LogP contribution in [0.15, 0.2) is 54.6 Å². The molecule has 1 aliphatic rings. The predicted octanol–water partition coefficient (Wildman–Crippen LogP) is 4.16. The molecule has 1 N–H and O–H groups in total. The number of hydrogen-bond acceptors (Lipinski definition) is 6. The summed E-state index contributed by atoms with van der Waals surface area (Å²) < 4.78 is 23.7. The van der Waals surface area contributed by atoms with Gasteiger partial charge in [-0.15, -0.1) is 10.2 Å². The Morgan fingerprint density at radius 2 is 1.75 bits per heavy atom. The molecule has 2 aromatic carbocycles. The van der Waals surface area contributed by atoms with E-state index >= 15 is 0 Å². The minimum Gasteiger partial charge on any atom is -0.497 e. The van der Waals surface area contributed by atoms with Gasteiger partial charge in [0.1, 0.15) is 17.3 Å². The Kier molecular flexibility index (Phi) is 6.49. The quantitative estimate of drug-likeness (QED) is 0.626. The Hall–Kier alpha value is -3.68. The highest BCUT2D eigenvalue weighted by Gasteiger charge is 2.27. The van der Waals surface area contributed by atoms with Gasteiger partial charge in [-0.1, -0.05) is 0 Å². The van der Waals surface area contributed by atoms with Gasteiger partial charge in [-0.2, -0.15) is 0 Å². The van der Waals surface area contributed by atoms with E-state index in [1.165, 1.54) is 12.1 Å². The smallest absolute Gasteiger partial charge is 0.229 e. The van der Waals surface area contributed by atoms with Gasteiger partial charge in [0.15, 0.2) is 5.82 Å². The van der Waals surface area contributed by atoms with Crippen molar-refractivity contribution in [1.82, 2.24) is 10.2 Å². The molecule has 0 aliphatic carbocycles. The molecular formula is C24H25FN4O3. The first-order valence-electron chi connectivity index (χ1n) is 10.4. The van der Waals surface area contributed by atoms with Gasteiger partial charge in [0.25, 0.3) is 0 Å². The second-order valence-corrected chi connectivity index (χ2v) is 7.66. The van der Waals surface area contributed by atoms with Gasteiger partial charge in [0.05, 0.1) is 25.8 Å². The standard InChI is InChI=1S/C24H25FN4O3/c1-31-20-12-19(13-21(14-20)32-2)26-24(30)17-4-3-11-29(15-17)23-10-9-22(27-28-23)16-5-7-18(25)8-6-16/h5-10,12-14,17H,3-4,11,15H2,1-2H3,(H,26,30). The summed E-state index contributed by atoms with van der Waals surface area (Å²) in [5, 5.41) is 11.6. The van der Waals surface area contributed by atoms with E-state index < -0.39 is 0 Å². The molecule has 0 bridgehead atoms. The maximum Gasteiger partial charge on any atom is 0.229 e. The number of methoxy groups -OCH3 is 2. The van der Waals surface area contributed by atoms with Gasteiger partial charge in [0, 0.05) is 42.5 Å². The zero-order chi connectivity index (χ0) is 22.5. The van der Waals surface area contributed by atoms with Crippen LogP contribution in [0.2, 0.25) is 0 Å². The molecule has 1 unspecified atom stereocenters. The highest BCUT2D eigenvalue weighted by atomic mass is 19.1. The van der Waals surface area contributed by atoms with E-state index in [1.807, 2.05) is 12.1 Å². The van der Waals surface area contributed by atoms with Crippen LogP contribution in [0.5, 0.6) is 11.5 Å². The molecule has 3 aromatic rings. The van der Waals surface area contributed by atoms with Crippen LogP contribution in [0.3, 0.4) is 0 Å². The normalized spacial score (nSPS) is 15.8. The van der Waals surface area contributed by atoms with Crippen LogP contribution < -0.4 is 19.7 Å². The number of amides is 1. The summed E-state index contributed by atoms with van der Waals surface area (Å²) in [6.07, 6.45) is 1.67. The van der Waals surface area contributed by atoms with E-state index in [1.54, 1.807) is 44.6 Å². The van der Waals surface area contributed by atoms with Gasteiger partial charge in [0.2, 0.25) is 5.91 Å². The second-order valence-electron chi connectivity index (χ2n) is 7.66. The number of nitrogens with zero attached hydrogens (tertiary/aromatic N) is 3. The molecule has 0 saturated carbocycles. The monoisotopic (exact) mass is 436 g/mol. The zero-order valence-electron chi connectivity index (χ0n) is 18.0. The number of anilines is 2. The Morgan fingerprint density at radius 1 is 1.03 bits per heavy atom. The van der Waals surface area contributed by atoms with Crippen LogP contribution in [-0.2, 0) is 4.79 Å². The minimum absolute atomic E-state index is 0.0547. The van der Waals surface area contributed by atoms with E-state index in [-0.39, 0.29) is 17.6 Å². The number of piperidine rings is 1. The van der Waals surface area contributed by atoms with Crippen LogP contribution in [0.4, 0.5) is 15.9 Å².